The van der Waals surface area contributed by atoms with Gasteiger partial charge in [-0.1, -0.05) is 30.8 Å². The van der Waals surface area contributed by atoms with Crippen LogP contribution in [0.25, 0.3) is 5.57 Å². The van der Waals surface area contributed by atoms with Crippen LogP contribution in [0, 0.1) is 11.3 Å². The second kappa shape index (κ2) is 11.8. The first-order valence-corrected chi connectivity index (χ1v) is 11.1. The zero-order valence-electron chi connectivity index (χ0n) is 21.0. The van der Waals surface area contributed by atoms with Gasteiger partial charge in [-0.05, 0) is 56.5 Å². The average Bonchev–Trinajstić information content (AvgIpc) is 2.81. The highest BCUT2D eigenvalue weighted by Crippen LogP contribution is 2.19. The maximum absolute atomic E-state index is 12.8. The molecule has 1 aromatic heterocycles. The highest BCUT2D eigenvalue weighted by Gasteiger charge is 2.15. The van der Waals surface area contributed by atoms with Crippen molar-refractivity contribution in [1.82, 2.24) is 9.88 Å². The Hall–Kier alpha value is -4.24. The van der Waals surface area contributed by atoms with Crippen LogP contribution in [0.1, 0.15) is 50.1 Å². The number of aliphatic imine (C=N–C) groups is 1. The fraction of sp³-hybridized carbons (Fsp3) is 0.250. The number of nitriles is 1. The summed E-state index contributed by atoms with van der Waals surface area (Å²) in [5.74, 6) is -0.0562. The Morgan fingerprint density at radius 2 is 1.91 bits per heavy atom. The minimum absolute atomic E-state index is 0.0562. The first-order chi connectivity index (χ1) is 16.5. The number of hydrogen-bond donors (Lipinski definition) is 2. The van der Waals surface area contributed by atoms with Gasteiger partial charge in [0.2, 0.25) is 5.91 Å². The predicted octanol–water partition coefficient (Wildman–Crippen LogP) is 4.18. The molecule has 4 N–H and O–H groups in total. The molecule has 1 amide bonds. The largest absolute Gasteiger partial charge is 0.400 e. The smallest absolute Gasteiger partial charge is 0.230 e. The van der Waals surface area contributed by atoms with Crippen LogP contribution in [0.4, 0.5) is 0 Å². The van der Waals surface area contributed by atoms with Gasteiger partial charge < -0.3 is 16.4 Å². The van der Waals surface area contributed by atoms with Gasteiger partial charge in [0.05, 0.1) is 17.8 Å². The lowest BCUT2D eigenvalue weighted by Crippen LogP contribution is -2.28. The number of aromatic nitrogens is 1. The summed E-state index contributed by atoms with van der Waals surface area (Å²) in [6.07, 6.45) is 5.23. The molecule has 0 saturated heterocycles. The molecular weight excluding hydrogens is 436 g/mol. The Bertz CT molecular complexity index is 1260. The van der Waals surface area contributed by atoms with E-state index in [1.54, 1.807) is 43.4 Å². The van der Waals surface area contributed by atoms with Crippen LogP contribution >= 0.6 is 0 Å². The van der Waals surface area contributed by atoms with Crippen molar-refractivity contribution in [3.05, 3.63) is 101 Å². The molecule has 0 saturated carbocycles. The number of pyridine rings is 1. The molecule has 180 valence electrons. The molecule has 0 aliphatic heterocycles. The number of benzene rings is 1. The van der Waals surface area contributed by atoms with E-state index in [2.05, 4.69) is 22.3 Å². The topological polar surface area (TPSA) is 121 Å². The molecule has 0 unspecified atom stereocenters. The summed E-state index contributed by atoms with van der Waals surface area (Å²) in [5, 5.41) is 9.30. The van der Waals surface area contributed by atoms with Crippen LogP contribution in [0.3, 0.4) is 0 Å². The molecule has 35 heavy (non-hydrogen) atoms. The van der Waals surface area contributed by atoms with Crippen molar-refractivity contribution in [3.8, 4) is 6.07 Å². The highest BCUT2D eigenvalue weighted by molar-refractivity contribution is 6.09. The van der Waals surface area contributed by atoms with E-state index in [0.717, 1.165) is 16.7 Å². The molecule has 0 bridgehead atoms. The van der Waals surface area contributed by atoms with Crippen molar-refractivity contribution >= 4 is 17.2 Å². The highest BCUT2D eigenvalue weighted by atomic mass is 16.2. The van der Waals surface area contributed by atoms with Crippen LogP contribution in [-0.2, 0) is 16.8 Å². The maximum atomic E-state index is 12.8. The summed E-state index contributed by atoms with van der Waals surface area (Å²) < 4.78 is 0. The van der Waals surface area contributed by atoms with E-state index in [-0.39, 0.29) is 18.0 Å². The zero-order chi connectivity index (χ0) is 26.2. The maximum Gasteiger partial charge on any atom is 0.230 e. The molecule has 2 rings (SSSR count). The molecule has 0 fully saturated rings. The quantitative estimate of drug-likeness (QED) is 0.342. The standard InChI is InChI=1S/C28H32N6O/c1-7-8-24(33-26(17-29)20(3)30)22-13-14-32-25(16-22)19(2)18-34(6)27(35)15-21-9-11-23(12-10-21)28(4,5)31/h8-14,16,18H,1,15,30-31H2,2-6H3/b19-18+,26-20+,33-24+. The second-order valence-electron chi connectivity index (χ2n) is 8.83. The van der Waals surface area contributed by atoms with E-state index in [0.29, 0.717) is 22.7 Å². The molecule has 0 atom stereocenters. The zero-order valence-corrected chi connectivity index (χ0v) is 21.0. The van der Waals surface area contributed by atoms with Crippen LogP contribution in [0.5, 0.6) is 0 Å². The van der Waals surface area contributed by atoms with Gasteiger partial charge in [-0.25, -0.2) is 4.99 Å². The van der Waals surface area contributed by atoms with Crippen LogP contribution in [0.15, 0.2) is 83.6 Å². The average molecular weight is 469 g/mol. The lowest BCUT2D eigenvalue weighted by molar-refractivity contribution is -0.126. The van der Waals surface area contributed by atoms with Crippen molar-refractivity contribution < 1.29 is 4.79 Å². The Kier molecular flexibility index (Phi) is 9.07. The van der Waals surface area contributed by atoms with Crippen molar-refractivity contribution in [1.29, 1.82) is 5.26 Å². The number of hydrogen-bond acceptors (Lipinski definition) is 6. The molecule has 1 aromatic carbocycles. The van der Waals surface area contributed by atoms with E-state index in [4.69, 9.17) is 11.5 Å². The SMILES string of the molecule is C=C=C/C(=N\C(C#N)=C(/C)N)c1ccnc(/C(C)=C/N(C)C(=O)Cc2ccc(C(C)(C)N)cc2)c1. The molecule has 1 heterocycles. The summed E-state index contributed by atoms with van der Waals surface area (Å²) in [7, 11) is 1.72. The Morgan fingerprint density at radius 1 is 1.26 bits per heavy atom. The summed E-state index contributed by atoms with van der Waals surface area (Å²) in [6, 6.07) is 13.3. The van der Waals surface area contributed by atoms with E-state index < -0.39 is 5.54 Å². The lowest BCUT2D eigenvalue weighted by atomic mass is 9.94. The third kappa shape index (κ3) is 7.65. The minimum Gasteiger partial charge on any atom is -0.400 e. The molecular formula is C28H32N6O. The number of nitrogens with zero attached hydrogens (tertiary/aromatic N) is 4. The molecule has 2 aromatic rings. The third-order valence-corrected chi connectivity index (χ3v) is 5.24. The van der Waals surface area contributed by atoms with E-state index in [1.165, 1.54) is 0 Å². The Labute approximate surface area is 207 Å². The molecule has 0 spiro atoms. The molecule has 0 radical (unpaired) electrons. The summed E-state index contributed by atoms with van der Waals surface area (Å²) in [4.78, 5) is 23.1. The minimum atomic E-state index is -0.428. The van der Waals surface area contributed by atoms with Gasteiger partial charge >= 0.3 is 0 Å². The lowest BCUT2D eigenvalue weighted by Gasteiger charge is -2.19. The normalized spacial score (nSPS) is 12.8. The first kappa shape index (κ1) is 27.0. The van der Waals surface area contributed by atoms with Gasteiger partial charge in [-0.3, -0.25) is 9.78 Å². The van der Waals surface area contributed by atoms with Crippen LogP contribution in [-0.4, -0.2) is 28.6 Å². The summed E-state index contributed by atoms with van der Waals surface area (Å²) >= 11 is 0. The van der Waals surface area contributed by atoms with Crippen molar-refractivity contribution in [3.63, 3.8) is 0 Å². The number of carbonyl (C=O) groups excluding carboxylic acids is 1. The number of amides is 1. The molecule has 7 nitrogen and oxygen atoms in total. The predicted molar refractivity (Wildman–Crippen MR) is 141 cm³/mol. The van der Waals surface area contributed by atoms with Crippen LogP contribution in [0.2, 0.25) is 0 Å². The Morgan fingerprint density at radius 3 is 2.46 bits per heavy atom. The van der Waals surface area contributed by atoms with Crippen LogP contribution < -0.4 is 11.5 Å². The summed E-state index contributed by atoms with van der Waals surface area (Å²) in [6.45, 7) is 11.0. The third-order valence-electron chi connectivity index (χ3n) is 5.24. The van der Waals surface area contributed by atoms with E-state index in [1.807, 2.05) is 57.2 Å². The molecule has 7 heteroatoms. The van der Waals surface area contributed by atoms with Crippen molar-refractivity contribution in [2.45, 2.75) is 39.7 Å². The number of carbonyl (C=O) groups is 1. The first-order valence-electron chi connectivity index (χ1n) is 11.1. The van der Waals surface area contributed by atoms with Gasteiger partial charge in [-0.2, -0.15) is 5.26 Å². The van der Waals surface area contributed by atoms with Crippen molar-refractivity contribution in [2.24, 2.45) is 16.5 Å². The van der Waals surface area contributed by atoms with E-state index in [9.17, 15) is 10.1 Å². The fourth-order valence-corrected chi connectivity index (χ4v) is 3.18. The van der Waals surface area contributed by atoms with Gasteiger partial charge in [0, 0.05) is 42.3 Å². The van der Waals surface area contributed by atoms with E-state index >= 15 is 0 Å². The monoisotopic (exact) mass is 468 g/mol. The molecule has 0 aliphatic rings. The van der Waals surface area contributed by atoms with Gasteiger partial charge in [0.15, 0.2) is 5.70 Å². The number of likely N-dealkylation sites (N-methyl/N-ethyl adjacent to an activating group) is 1. The number of allylic oxidation sites excluding steroid dienone is 4. The van der Waals surface area contributed by atoms with Crippen molar-refractivity contribution in [2.75, 3.05) is 7.05 Å². The fourth-order valence-electron chi connectivity index (χ4n) is 3.18. The van der Waals surface area contributed by atoms with Gasteiger partial charge in [0.25, 0.3) is 0 Å². The second-order valence-corrected chi connectivity index (χ2v) is 8.83. The Balaban J connectivity index is 2.26. The number of rotatable bonds is 8. The van der Waals surface area contributed by atoms with Gasteiger partial charge in [-0.15, -0.1) is 5.73 Å². The summed E-state index contributed by atoms with van der Waals surface area (Å²) in [5.41, 5.74) is 19.1. The number of nitrogens with two attached hydrogens (primary N) is 2. The van der Waals surface area contributed by atoms with Gasteiger partial charge in [0.1, 0.15) is 6.07 Å². The molecule has 0 aliphatic carbocycles.